The van der Waals surface area contributed by atoms with E-state index in [-0.39, 0.29) is 22.9 Å². The maximum Gasteiger partial charge on any atom is 0.285 e. The first-order valence-corrected chi connectivity index (χ1v) is 9.51. The fourth-order valence-electron chi connectivity index (χ4n) is 3.74. The average molecular weight is 383 g/mol. The van der Waals surface area contributed by atoms with E-state index < -0.39 is 4.92 Å². The highest BCUT2D eigenvalue weighted by Gasteiger charge is 2.29. The Labute approximate surface area is 164 Å². The van der Waals surface area contributed by atoms with Gasteiger partial charge in [-0.25, -0.2) is 0 Å². The molecule has 1 unspecified atom stereocenters. The molecule has 1 saturated heterocycles. The number of amides is 1. The summed E-state index contributed by atoms with van der Waals surface area (Å²) in [7, 11) is 0. The smallest absolute Gasteiger partial charge is 0.285 e. The predicted molar refractivity (Wildman–Crippen MR) is 106 cm³/mol. The zero-order valence-corrected chi connectivity index (χ0v) is 16.0. The number of phenols is 1. The van der Waals surface area contributed by atoms with E-state index in [0.29, 0.717) is 19.0 Å². The topological polar surface area (TPSA) is 86.9 Å². The summed E-state index contributed by atoms with van der Waals surface area (Å²) in [4.78, 5) is 27.6. The Morgan fingerprint density at radius 1 is 1.29 bits per heavy atom. The number of rotatable bonds is 7. The minimum Gasteiger partial charge on any atom is -0.508 e. The molecule has 0 aliphatic carbocycles. The summed E-state index contributed by atoms with van der Waals surface area (Å²) in [5.74, 6) is -0.252. The van der Waals surface area contributed by atoms with Crippen molar-refractivity contribution in [1.82, 2.24) is 9.80 Å². The molecule has 0 spiro atoms. The van der Waals surface area contributed by atoms with Crippen LogP contribution in [0.3, 0.4) is 0 Å². The molecule has 1 atom stereocenters. The van der Waals surface area contributed by atoms with E-state index in [2.05, 4.69) is 17.0 Å². The highest BCUT2D eigenvalue weighted by molar-refractivity contribution is 5.98. The molecule has 1 amide bonds. The fourth-order valence-corrected chi connectivity index (χ4v) is 3.74. The zero-order chi connectivity index (χ0) is 20.1. The van der Waals surface area contributed by atoms with Crippen molar-refractivity contribution in [1.29, 1.82) is 0 Å². The molecule has 1 aliphatic heterocycles. The summed E-state index contributed by atoms with van der Waals surface area (Å²) >= 11 is 0. The molecule has 7 heteroatoms. The third-order valence-corrected chi connectivity index (χ3v) is 5.17. The van der Waals surface area contributed by atoms with E-state index >= 15 is 0 Å². The standard InChI is InChI=1S/C21H25N3O4/c1-2-23(21(26)19-9-8-18(25)12-20(19)24(27)28)15-17-10-11-22(14-17)13-16-6-4-3-5-7-16/h3-9,12,17,25H,2,10-11,13-15H2,1H3. The number of likely N-dealkylation sites (tertiary alicyclic amines) is 1. The van der Waals surface area contributed by atoms with Crippen LogP contribution in [0.4, 0.5) is 5.69 Å². The van der Waals surface area contributed by atoms with Gasteiger partial charge in [-0.05, 0) is 43.5 Å². The first-order valence-electron chi connectivity index (χ1n) is 9.51. The zero-order valence-electron chi connectivity index (χ0n) is 16.0. The molecule has 0 saturated carbocycles. The molecule has 3 rings (SSSR count). The van der Waals surface area contributed by atoms with Crippen LogP contribution in [0.15, 0.2) is 48.5 Å². The number of benzene rings is 2. The summed E-state index contributed by atoms with van der Waals surface area (Å²) < 4.78 is 0. The maximum atomic E-state index is 12.9. The van der Waals surface area contributed by atoms with Crippen molar-refractivity contribution in [2.75, 3.05) is 26.2 Å². The number of hydrogen-bond donors (Lipinski definition) is 1. The van der Waals surface area contributed by atoms with Gasteiger partial charge in [-0.15, -0.1) is 0 Å². The van der Waals surface area contributed by atoms with Gasteiger partial charge in [-0.2, -0.15) is 0 Å². The lowest BCUT2D eigenvalue weighted by atomic mass is 10.1. The summed E-state index contributed by atoms with van der Waals surface area (Å²) in [6.45, 7) is 5.69. The van der Waals surface area contributed by atoms with Crippen molar-refractivity contribution in [2.45, 2.75) is 19.9 Å². The Kier molecular flexibility index (Phi) is 6.26. The molecule has 1 heterocycles. The van der Waals surface area contributed by atoms with Crippen LogP contribution >= 0.6 is 0 Å². The van der Waals surface area contributed by atoms with Gasteiger partial charge < -0.3 is 10.0 Å². The van der Waals surface area contributed by atoms with Crippen LogP contribution in [0.5, 0.6) is 5.75 Å². The van der Waals surface area contributed by atoms with Crippen LogP contribution in [0, 0.1) is 16.0 Å². The molecule has 1 aliphatic rings. The maximum absolute atomic E-state index is 12.9. The molecular weight excluding hydrogens is 358 g/mol. The van der Waals surface area contributed by atoms with E-state index in [4.69, 9.17) is 0 Å². The third kappa shape index (κ3) is 4.67. The van der Waals surface area contributed by atoms with Crippen LogP contribution < -0.4 is 0 Å². The molecule has 0 aromatic heterocycles. The third-order valence-electron chi connectivity index (χ3n) is 5.17. The van der Waals surface area contributed by atoms with Gasteiger partial charge in [0.2, 0.25) is 0 Å². The summed E-state index contributed by atoms with van der Waals surface area (Å²) in [5, 5.41) is 20.8. The van der Waals surface area contributed by atoms with Gasteiger partial charge in [0.25, 0.3) is 11.6 Å². The second kappa shape index (κ2) is 8.84. The first-order chi connectivity index (χ1) is 13.5. The molecule has 7 nitrogen and oxygen atoms in total. The van der Waals surface area contributed by atoms with Gasteiger partial charge >= 0.3 is 0 Å². The highest BCUT2D eigenvalue weighted by atomic mass is 16.6. The van der Waals surface area contributed by atoms with E-state index in [1.54, 1.807) is 4.90 Å². The SMILES string of the molecule is CCN(CC1CCN(Cc2ccccc2)C1)C(=O)c1ccc(O)cc1[N+](=O)[O-]. The first kappa shape index (κ1) is 19.8. The molecule has 2 aromatic rings. The molecule has 1 fully saturated rings. The number of nitrogens with zero attached hydrogens (tertiary/aromatic N) is 3. The number of carbonyl (C=O) groups excluding carboxylic acids is 1. The largest absolute Gasteiger partial charge is 0.508 e. The minimum atomic E-state index is -0.627. The summed E-state index contributed by atoms with van der Waals surface area (Å²) in [6, 6.07) is 14.0. The van der Waals surface area contributed by atoms with Gasteiger partial charge in [0.15, 0.2) is 0 Å². The Morgan fingerprint density at radius 2 is 2.04 bits per heavy atom. The molecule has 0 radical (unpaired) electrons. The Morgan fingerprint density at radius 3 is 2.71 bits per heavy atom. The monoisotopic (exact) mass is 383 g/mol. The lowest BCUT2D eigenvalue weighted by Crippen LogP contribution is -2.36. The number of aromatic hydroxyl groups is 1. The highest BCUT2D eigenvalue weighted by Crippen LogP contribution is 2.26. The van der Waals surface area contributed by atoms with Crippen molar-refractivity contribution in [3.8, 4) is 5.75 Å². The lowest BCUT2D eigenvalue weighted by Gasteiger charge is -2.25. The van der Waals surface area contributed by atoms with Crippen LogP contribution in [0.25, 0.3) is 0 Å². The number of phenolic OH excluding ortho intramolecular Hbond substituents is 1. The number of nitro groups is 1. The molecule has 148 valence electrons. The summed E-state index contributed by atoms with van der Waals surface area (Å²) in [5.41, 5.74) is 0.927. The van der Waals surface area contributed by atoms with Crippen molar-refractivity contribution in [3.05, 3.63) is 69.8 Å². The van der Waals surface area contributed by atoms with E-state index in [1.807, 2.05) is 25.1 Å². The van der Waals surface area contributed by atoms with Gasteiger partial charge in [0.1, 0.15) is 11.3 Å². The molecule has 28 heavy (non-hydrogen) atoms. The predicted octanol–water partition coefficient (Wildman–Crippen LogP) is 3.28. The molecular formula is C21H25N3O4. The lowest BCUT2D eigenvalue weighted by molar-refractivity contribution is -0.385. The van der Waals surface area contributed by atoms with Crippen molar-refractivity contribution >= 4 is 11.6 Å². The van der Waals surface area contributed by atoms with Crippen LogP contribution in [-0.4, -0.2) is 51.9 Å². The van der Waals surface area contributed by atoms with Crippen LogP contribution in [0.2, 0.25) is 0 Å². The van der Waals surface area contributed by atoms with E-state index in [0.717, 1.165) is 32.1 Å². The number of hydrogen-bond acceptors (Lipinski definition) is 5. The van der Waals surface area contributed by atoms with Crippen LogP contribution in [0.1, 0.15) is 29.3 Å². The average Bonchev–Trinajstić information content (AvgIpc) is 3.13. The van der Waals surface area contributed by atoms with Crippen molar-refractivity contribution < 1.29 is 14.8 Å². The van der Waals surface area contributed by atoms with E-state index in [9.17, 15) is 20.0 Å². The van der Waals surface area contributed by atoms with Gasteiger partial charge in [-0.1, -0.05) is 30.3 Å². The van der Waals surface area contributed by atoms with Gasteiger partial charge in [0, 0.05) is 26.2 Å². The van der Waals surface area contributed by atoms with Gasteiger partial charge in [0.05, 0.1) is 11.0 Å². The summed E-state index contributed by atoms with van der Waals surface area (Å²) in [6.07, 6.45) is 0.994. The molecule has 1 N–H and O–H groups in total. The second-order valence-electron chi connectivity index (χ2n) is 7.18. The Bertz CT molecular complexity index is 841. The quantitative estimate of drug-likeness (QED) is 0.586. The number of carbonyl (C=O) groups is 1. The Hall–Kier alpha value is -2.93. The molecule has 2 aromatic carbocycles. The second-order valence-corrected chi connectivity index (χ2v) is 7.18. The van der Waals surface area contributed by atoms with Crippen LogP contribution in [-0.2, 0) is 6.54 Å². The normalized spacial score (nSPS) is 16.8. The fraction of sp³-hybridized carbons (Fsp3) is 0.381. The molecule has 0 bridgehead atoms. The van der Waals surface area contributed by atoms with Crippen molar-refractivity contribution in [2.24, 2.45) is 5.92 Å². The van der Waals surface area contributed by atoms with E-state index in [1.165, 1.54) is 17.7 Å². The minimum absolute atomic E-state index is 0.0174. The number of nitro benzene ring substituents is 1. The van der Waals surface area contributed by atoms with Gasteiger partial charge in [-0.3, -0.25) is 19.8 Å². The Balaban J connectivity index is 1.65. The van der Waals surface area contributed by atoms with Crippen molar-refractivity contribution in [3.63, 3.8) is 0 Å².